The van der Waals surface area contributed by atoms with E-state index in [4.69, 9.17) is 4.42 Å². The third-order valence-corrected chi connectivity index (χ3v) is 5.45. The van der Waals surface area contributed by atoms with Gasteiger partial charge in [-0.2, -0.15) is 0 Å². The third kappa shape index (κ3) is 4.45. The lowest BCUT2D eigenvalue weighted by atomic mass is 10.2. The van der Waals surface area contributed by atoms with E-state index in [1.165, 1.54) is 34.8 Å². The van der Waals surface area contributed by atoms with Crippen LogP contribution in [0.1, 0.15) is 37.2 Å². The van der Waals surface area contributed by atoms with Gasteiger partial charge in [0.15, 0.2) is 0 Å². The highest BCUT2D eigenvalue weighted by Gasteiger charge is 2.22. The molecular formula is C20H19FN2O5S. The number of thiazole rings is 1. The zero-order chi connectivity index (χ0) is 21.1. The number of methoxy groups -OCH3 is 1. The molecule has 0 aliphatic carbocycles. The first-order valence-electron chi connectivity index (χ1n) is 8.67. The minimum absolute atomic E-state index is 0.0405. The third-order valence-electron chi connectivity index (χ3n) is 4.38. The Morgan fingerprint density at radius 1 is 1.21 bits per heavy atom. The summed E-state index contributed by atoms with van der Waals surface area (Å²) < 4.78 is 24.5. The van der Waals surface area contributed by atoms with Crippen LogP contribution in [0.3, 0.4) is 0 Å². The molecular weight excluding hydrogens is 399 g/mol. The largest absolute Gasteiger partial charge is 0.463 e. The zero-order valence-electron chi connectivity index (χ0n) is 16.1. The Balaban J connectivity index is 1.78. The first-order chi connectivity index (χ1) is 13.8. The minimum Gasteiger partial charge on any atom is -0.463 e. The number of ether oxygens (including phenoxy) is 1. The van der Waals surface area contributed by atoms with Gasteiger partial charge < -0.3 is 14.1 Å². The van der Waals surface area contributed by atoms with Crippen molar-refractivity contribution >= 4 is 23.2 Å². The lowest BCUT2D eigenvalue weighted by Crippen LogP contribution is -2.26. The topological polar surface area (TPSA) is 81.8 Å². The summed E-state index contributed by atoms with van der Waals surface area (Å²) in [5.74, 6) is -0.820. The smallest absolute Gasteiger partial charge is 0.373 e. The number of amides is 1. The number of hydrogen-bond donors (Lipinski definition) is 0. The average molecular weight is 418 g/mol. The quantitative estimate of drug-likeness (QED) is 0.575. The molecule has 1 amide bonds. The van der Waals surface area contributed by atoms with Gasteiger partial charge >= 0.3 is 10.8 Å². The van der Waals surface area contributed by atoms with Gasteiger partial charge in [-0.15, -0.1) is 0 Å². The Bertz CT molecular complexity index is 1100. The van der Waals surface area contributed by atoms with Crippen molar-refractivity contribution in [3.63, 3.8) is 0 Å². The van der Waals surface area contributed by atoms with E-state index >= 15 is 0 Å². The lowest BCUT2D eigenvalue weighted by Gasteiger charge is -2.17. The number of halogens is 1. The van der Waals surface area contributed by atoms with Gasteiger partial charge in [-0.05, 0) is 36.8 Å². The molecule has 0 fully saturated rings. The summed E-state index contributed by atoms with van der Waals surface area (Å²) in [6.45, 7) is 2.06. The summed E-state index contributed by atoms with van der Waals surface area (Å²) in [4.78, 5) is 38.2. The highest BCUT2D eigenvalue weighted by molar-refractivity contribution is 7.11. The van der Waals surface area contributed by atoms with Gasteiger partial charge in [-0.1, -0.05) is 23.5 Å². The number of esters is 1. The van der Waals surface area contributed by atoms with Crippen molar-refractivity contribution in [2.75, 3.05) is 14.2 Å². The van der Waals surface area contributed by atoms with Crippen LogP contribution in [-0.2, 0) is 17.8 Å². The molecule has 1 aromatic carbocycles. The monoisotopic (exact) mass is 418 g/mol. The number of carbonyl (C=O) groups is 2. The van der Waals surface area contributed by atoms with Gasteiger partial charge in [0, 0.05) is 19.3 Å². The van der Waals surface area contributed by atoms with Gasteiger partial charge in [0.2, 0.25) is 5.76 Å². The molecule has 2 aromatic heterocycles. The molecule has 3 aromatic rings. The molecule has 9 heteroatoms. The van der Waals surface area contributed by atoms with Gasteiger partial charge in [0.05, 0.1) is 13.7 Å². The van der Waals surface area contributed by atoms with Crippen LogP contribution in [0, 0.1) is 12.7 Å². The van der Waals surface area contributed by atoms with Crippen molar-refractivity contribution in [2.45, 2.75) is 20.0 Å². The summed E-state index contributed by atoms with van der Waals surface area (Å²) in [5, 5.41) is 0. The van der Waals surface area contributed by atoms with Crippen LogP contribution < -0.4 is 4.87 Å². The Morgan fingerprint density at radius 2 is 1.90 bits per heavy atom. The van der Waals surface area contributed by atoms with E-state index in [0.717, 1.165) is 16.9 Å². The van der Waals surface area contributed by atoms with Crippen molar-refractivity contribution in [3.8, 4) is 0 Å². The molecule has 29 heavy (non-hydrogen) atoms. The van der Waals surface area contributed by atoms with E-state index in [2.05, 4.69) is 4.74 Å². The molecule has 0 N–H and O–H groups in total. The number of aromatic nitrogens is 1. The van der Waals surface area contributed by atoms with Crippen molar-refractivity contribution in [1.82, 2.24) is 9.47 Å². The molecule has 3 rings (SSSR count). The Hall–Kier alpha value is -3.20. The molecule has 152 valence electrons. The number of benzene rings is 1. The molecule has 0 radical (unpaired) electrons. The van der Waals surface area contributed by atoms with Crippen LogP contribution in [-0.4, -0.2) is 35.5 Å². The summed E-state index contributed by atoms with van der Waals surface area (Å²) in [5.41, 5.74) is 1.28. The highest BCUT2D eigenvalue weighted by atomic mass is 32.1. The Labute approximate surface area is 169 Å². The standard InChI is InChI=1S/C20H19FN2O5S/c1-12-17(18(24)22(2)10-13-4-6-14(21)7-5-13)29-20(26)23(12)11-15-8-9-16(28-15)19(25)27-3/h4-9H,10-11H2,1-3H3. The molecule has 0 aliphatic heterocycles. The summed E-state index contributed by atoms with van der Waals surface area (Å²) >= 11 is 0.850. The molecule has 7 nitrogen and oxygen atoms in total. The first-order valence-corrected chi connectivity index (χ1v) is 9.49. The Kier molecular flexibility index (Phi) is 5.97. The van der Waals surface area contributed by atoms with E-state index in [9.17, 15) is 18.8 Å². The molecule has 0 saturated carbocycles. The van der Waals surface area contributed by atoms with Crippen LogP contribution in [0.15, 0.2) is 45.6 Å². The molecule has 0 bridgehead atoms. The van der Waals surface area contributed by atoms with Crippen LogP contribution in [0.4, 0.5) is 4.39 Å². The summed E-state index contributed by atoms with van der Waals surface area (Å²) in [7, 11) is 2.87. The second kappa shape index (κ2) is 8.44. The SMILES string of the molecule is COC(=O)c1ccc(Cn2c(C)c(C(=O)N(C)Cc3ccc(F)cc3)sc2=O)o1. The zero-order valence-corrected chi connectivity index (χ0v) is 16.9. The van der Waals surface area contributed by atoms with Gasteiger partial charge in [0.1, 0.15) is 16.5 Å². The van der Waals surface area contributed by atoms with Crippen LogP contribution in [0.2, 0.25) is 0 Å². The fourth-order valence-electron chi connectivity index (χ4n) is 2.80. The number of carbonyl (C=O) groups excluding carboxylic acids is 2. The fraction of sp³-hybridized carbons (Fsp3) is 0.250. The molecule has 0 saturated heterocycles. The van der Waals surface area contributed by atoms with E-state index < -0.39 is 5.97 Å². The number of rotatable bonds is 6. The van der Waals surface area contributed by atoms with Crippen LogP contribution in [0.25, 0.3) is 0 Å². The van der Waals surface area contributed by atoms with E-state index in [0.29, 0.717) is 16.3 Å². The number of hydrogen-bond acceptors (Lipinski definition) is 6. The molecule has 0 unspecified atom stereocenters. The normalized spacial score (nSPS) is 10.8. The predicted octanol–water partition coefficient (Wildman–Crippen LogP) is 3.06. The van der Waals surface area contributed by atoms with Gasteiger partial charge in [-0.3, -0.25) is 14.2 Å². The lowest BCUT2D eigenvalue weighted by molar-refractivity contribution is 0.0562. The summed E-state index contributed by atoms with van der Waals surface area (Å²) in [6, 6.07) is 8.93. The molecule has 0 aliphatic rings. The molecule has 2 heterocycles. The average Bonchev–Trinajstić information content (AvgIpc) is 3.28. The number of furan rings is 1. The minimum atomic E-state index is -0.607. The van der Waals surface area contributed by atoms with Crippen molar-refractivity contribution in [3.05, 3.63) is 79.5 Å². The number of nitrogens with zero attached hydrogens (tertiary/aromatic N) is 2. The van der Waals surface area contributed by atoms with Crippen LogP contribution in [0.5, 0.6) is 0 Å². The van der Waals surface area contributed by atoms with Crippen molar-refractivity contribution in [2.24, 2.45) is 0 Å². The maximum Gasteiger partial charge on any atom is 0.373 e. The maximum absolute atomic E-state index is 13.0. The highest BCUT2D eigenvalue weighted by Crippen LogP contribution is 2.18. The predicted molar refractivity (Wildman–Crippen MR) is 105 cm³/mol. The second-order valence-corrected chi connectivity index (χ2v) is 7.38. The molecule has 0 atom stereocenters. The van der Waals surface area contributed by atoms with Crippen molar-refractivity contribution < 1.29 is 23.1 Å². The first kappa shape index (κ1) is 20.5. The van der Waals surface area contributed by atoms with Crippen molar-refractivity contribution in [1.29, 1.82) is 0 Å². The van der Waals surface area contributed by atoms with Gasteiger partial charge in [-0.25, -0.2) is 9.18 Å². The maximum atomic E-state index is 13.0. The molecule has 0 spiro atoms. The van der Waals surface area contributed by atoms with E-state index in [1.807, 2.05) is 0 Å². The van der Waals surface area contributed by atoms with E-state index in [1.54, 1.807) is 32.2 Å². The second-order valence-electron chi connectivity index (χ2n) is 6.41. The fourth-order valence-corrected chi connectivity index (χ4v) is 3.78. The summed E-state index contributed by atoms with van der Waals surface area (Å²) in [6.07, 6.45) is 0. The van der Waals surface area contributed by atoms with E-state index in [-0.39, 0.29) is 35.4 Å². The Morgan fingerprint density at radius 3 is 2.55 bits per heavy atom. The van der Waals surface area contributed by atoms with Crippen LogP contribution >= 0.6 is 11.3 Å². The van der Waals surface area contributed by atoms with Gasteiger partial charge in [0.25, 0.3) is 5.91 Å².